The molecule has 8 heteroatoms. The van der Waals surface area contributed by atoms with Crippen LogP contribution >= 0.6 is 24.0 Å². The highest BCUT2D eigenvalue weighted by atomic mass is 127. The second kappa shape index (κ2) is 11.9. The molecule has 0 atom stereocenters. The second-order valence-corrected chi connectivity index (χ2v) is 7.27. The van der Waals surface area contributed by atoms with E-state index in [1.807, 2.05) is 19.1 Å². The van der Waals surface area contributed by atoms with Crippen molar-refractivity contribution in [3.05, 3.63) is 41.7 Å². The third kappa shape index (κ3) is 8.04. The van der Waals surface area contributed by atoms with Crippen LogP contribution in [0, 0.1) is 0 Å². The normalized spacial score (nSPS) is 11.7. The van der Waals surface area contributed by atoms with Crippen LogP contribution in [-0.4, -0.2) is 29.1 Å². The average Bonchev–Trinajstić information content (AvgIpc) is 3.12. The molecular formula is C20H32IN5O2. The van der Waals surface area contributed by atoms with Crippen LogP contribution in [0.25, 0.3) is 0 Å². The molecule has 0 aliphatic heterocycles. The first kappa shape index (κ1) is 24.2. The van der Waals surface area contributed by atoms with E-state index in [0.29, 0.717) is 37.4 Å². The zero-order valence-electron chi connectivity index (χ0n) is 17.4. The fourth-order valence-corrected chi connectivity index (χ4v) is 2.21. The van der Waals surface area contributed by atoms with Gasteiger partial charge in [-0.15, -0.1) is 24.0 Å². The van der Waals surface area contributed by atoms with Gasteiger partial charge in [-0.2, -0.15) is 0 Å². The van der Waals surface area contributed by atoms with E-state index in [-0.39, 0.29) is 29.4 Å². The van der Waals surface area contributed by atoms with Gasteiger partial charge in [0.25, 0.3) is 0 Å². The summed E-state index contributed by atoms with van der Waals surface area (Å²) in [6.45, 7) is 12.8. The summed E-state index contributed by atoms with van der Waals surface area (Å²) in [7, 11) is 0. The largest absolute Gasteiger partial charge is 0.478 e. The number of aliphatic imine (C=N–C) groups is 1. The number of halogens is 1. The summed E-state index contributed by atoms with van der Waals surface area (Å²) in [5.41, 5.74) is 0.964. The molecule has 2 N–H and O–H groups in total. The Morgan fingerprint density at radius 1 is 1.14 bits per heavy atom. The van der Waals surface area contributed by atoms with Gasteiger partial charge in [-0.3, -0.25) is 0 Å². The molecular weight excluding hydrogens is 469 g/mol. The lowest BCUT2D eigenvalue weighted by atomic mass is 9.94. The van der Waals surface area contributed by atoms with Gasteiger partial charge < -0.3 is 19.8 Å². The molecule has 0 saturated heterocycles. The number of nitrogens with zero attached hydrogens (tertiary/aromatic N) is 3. The molecule has 0 amide bonds. The Morgan fingerprint density at radius 2 is 1.93 bits per heavy atom. The average molecular weight is 501 g/mol. The summed E-state index contributed by atoms with van der Waals surface area (Å²) in [5, 5.41) is 6.47. The Hall–Kier alpha value is -1.84. The Kier molecular flexibility index (Phi) is 10.3. The van der Waals surface area contributed by atoms with Crippen molar-refractivity contribution in [2.45, 2.75) is 59.5 Å². The van der Waals surface area contributed by atoms with Crippen LogP contribution < -0.4 is 15.4 Å². The van der Waals surface area contributed by atoms with Crippen LogP contribution in [0.5, 0.6) is 5.88 Å². The number of pyridine rings is 1. The van der Waals surface area contributed by atoms with Gasteiger partial charge in [-0.25, -0.2) is 15.0 Å². The van der Waals surface area contributed by atoms with E-state index in [4.69, 9.17) is 9.15 Å². The molecule has 0 radical (unpaired) electrons. The third-order valence-corrected chi connectivity index (χ3v) is 3.72. The van der Waals surface area contributed by atoms with Crippen molar-refractivity contribution in [1.82, 2.24) is 20.6 Å². The minimum Gasteiger partial charge on any atom is -0.478 e. The Labute approximate surface area is 184 Å². The molecule has 0 fully saturated rings. The van der Waals surface area contributed by atoms with Gasteiger partial charge in [-0.05, 0) is 18.9 Å². The van der Waals surface area contributed by atoms with Gasteiger partial charge in [0.1, 0.15) is 5.76 Å². The predicted octanol–water partition coefficient (Wildman–Crippen LogP) is 4.03. The van der Waals surface area contributed by atoms with Crippen molar-refractivity contribution in [2.75, 3.05) is 13.2 Å². The van der Waals surface area contributed by atoms with Crippen LogP contribution in [0.2, 0.25) is 0 Å². The van der Waals surface area contributed by atoms with Crippen molar-refractivity contribution >= 4 is 29.9 Å². The quantitative estimate of drug-likeness (QED) is 0.323. The lowest BCUT2D eigenvalue weighted by Gasteiger charge is -2.13. The van der Waals surface area contributed by atoms with E-state index < -0.39 is 0 Å². The van der Waals surface area contributed by atoms with Crippen LogP contribution in [0.1, 0.15) is 58.3 Å². The number of hydrogen-bond donors (Lipinski definition) is 2. The summed E-state index contributed by atoms with van der Waals surface area (Å²) in [6.07, 6.45) is 4.55. The summed E-state index contributed by atoms with van der Waals surface area (Å²) in [6, 6.07) is 3.86. The molecule has 0 saturated carbocycles. The lowest BCUT2D eigenvalue weighted by molar-refractivity contribution is 0.305. The number of aromatic nitrogens is 2. The van der Waals surface area contributed by atoms with E-state index in [0.717, 1.165) is 24.3 Å². The second-order valence-electron chi connectivity index (χ2n) is 7.27. The molecule has 0 unspecified atom stereocenters. The molecule has 2 aromatic heterocycles. The maximum Gasteiger partial charge on any atom is 0.213 e. The highest BCUT2D eigenvalue weighted by Crippen LogP contribution is 2.22. The van der Waals surface area contributed by atoms with Crippen LogP contribution in [0.3, 0.4) is 0 Å². The SMILES string of the molecule is CCCOc1ccc(CN=C(NCC)NCc2ncc(C(C)(C)C)o2)cn1.I. The smallest absolute Gasteiger partial charge is 0.213 e. The topological polar surface area (TPSA) is 84.6 Å². The first-order chi connectivity index (χ1) is 12.9. The van der Waals surface area contributed by atoms with E-state index in [9.17, 15) is 0 Å². The van der Waals surface area contributed by atoms with Gasteiger partial charge in [0, 0.05) is 24.2 Å². The minimum absolute atomic E-state index is 0. The van der Waals surface area contributed by atoms with Crippen LogP contribution in [0.15, 0.2) is 33.9 Å². The number of ether oxygens (including phenoxy) is 1. The number of rotatable bonds is 8. The predicted molar refractivity (Wildman–Crippen MR) is 122 cm³/mol. The standard InChI is InChI=1S/C20H31N5O2.HI/c1-6-10-26-17-9-8-15(11-22-17)12-24-19(21-7-2)25-14-18-23-13-16(27-18)20(3,4)5;/h8-9,11,13H,6-7,10,12,14H2,1-5H3,(H2,21,24,25);1H. The Bertz CT molecular complexity index is 723. The zero-order chi connectivity index (χ0) is 19.7. The van der Waals surface area contributed by atoms with Gasteiger partial charge >= 0.3 is 0 Å². The van der Waals surface area contributed by atoms with Crippen molar-refractivity contribution in [3.63, 3.8) is 0 Å². The monoisotopic (exact) mass is 501 g/mol. The maximum atomic E-state index is 5.80. The van der Waals surface area contributed by atoms with Crippen LogP contribution in [0.4, 0.5) is 0 Å². The highest BCUT2D eigenvalue weighted by Gasteiger charge is 2.19. The Balaban J connectivity index is 0.00000392. The first-order valence-electron chi connectivity index (χ1n) is 9.47. The van der Waals surface area contributed by atoms with Gasteiger partial charge in [0.05, 0.1) is 25.9 Å². The molecule has 2 aromatic rings. The number of oxazole rings is 1. The van der Waals surface area contributed by atoms with Crippen molar-refractivity contribution in [2.24, 2.45) is 4.99 Å². The molecule has 0 bridgehead atoms. The molecule has 0 aliphatic rings. The zero-order valence-corrected chi connectivity index (χ0v) is 19.7. The molecule has 28 heavy (non-hydrogen) atoms. The van der Waals surface area contributed by atoms with Gasteiger partial charge in [-0.1, -0.05) is 33.8 Å². The number of nitrogens with one attached hydrogen (secondary N) is 2. The summed E-state index contributed by atoms with van der Waals surface area (Å²) < 4.78 is 11.3. The first-order valence-corrected chi connectivity index (χ1v) is 9.47. The molecule has 7 nitrogen and oxygen atoms in total. The summed E-state index contributed by atoms with van der Waals surface area (Å²) in [5.74, 6) is 2.87. The lowest BCUT2D eigenvalue weighted by Crippen LogP contribution is -2.36. The van der Waals surface area contributed by atoms with Gasteiger partial charge in [0.2, 0.25) is 11.8 Å². The van der Waals surface area contributed by atoms with E-state index in [1.54, 1.807) is 12.4 Å². The third-order valence-electron chi connectivity index (χ3n) is 3.72. The molecule has 0 spiro atoms. The van der Waals surface area contributed by atoms with Gasteiger partial charge in [0.15, 0.2) is 5.96 Å². The molecule has 156 valence electrons. The summed E-state index contributed by atoms with van der Waals surface area (Å²) in [4.78, 5) is 13.2. The maximum absolute atomic E-state index is 5.80. The van der Waals surface area contributed by atoms with E-state index in [2.05, 4.69) is 53.3 Å². The fraction of sp³-hybridized carbons (Fsp3) is 0.550. The number of hydrogen-bond acceptors (Lipinski definition) is 5. The molecule has 0 aromatic carbocycles. The molecule has 2 heterocycles. The van der Waals surface area contributed by atoms with Crippen molar-refractivity contribution in [1.29, 1.82) is 0 Å². The van der Waals surface area contributed by atoms with E-state index in [1.165, 1.54) is 0 Å². The minimum atomic E-state index is -0.0517. The highest BCUT2D eigenvalue weighted by molar-refractivity contribution is 14.0. The van der Waals surface area contributed by atoms with Crippen LogP contribution in [-0.2, 0) is 18.5 Å². The number of guanidine groups is 1. The van der Waals surface area contributed by atoms with Crippen molar-refractivity contribution in [3.8, 4) is 5.88 Å². The van der Waals surface area contributed by atoms with E-state index >= 15 is 0 Å². The molecule has 0 aliphatic carbocycles. The molecule has 2 rings (SSSR count). The van der Waals surface area contributed by atoms with Crippen molar-refractivity contribution < 1.29 is 9.15 Å². The Morgan fingerprint density at radius 3 is 2.50 bits per heavy atom. The fourth-order valence-electron chi connectivity index (χ4n) is 2.21. The summed E-state index contributed by atoms with van der Waals surface area (Å²) >= 11 is 0.